The molecule has 2 heterocycles. The first kappa shape index (κ1) is 9.77. The maximum atomic E-state index is 13.0. The Labute approximate surface area is 95.9 Å². The molecule has 0 spiro atoms. The Hall–Kier alpha value is -2.43. The normalized spacial score (nSPS) is 10.9. The Bertz CT molecular complexity index is 676. The Morgan fingerprint density at radius 3 is 2.82 bits per heavy atom. The van der Waals surface area contributed by atoms with Crippen LogP contribution in [-0.4, -0.2) is 9.97 Å². The second-order valence-corrected chi connectivity index (χ2v) is 3.61. The van der Waals surface area contributed by atoms with Crippen LogP contribution in [0.1, 0.15) is 0 Å². The molecule has 2 N–H and O–H groups in total. The van der Waals surface area contributed by atoms with Crippen LogP contribution in [-0.2, 0) is 0 Å². The van der Waals surface area contributed by atoms with Crippen molar-refractivity contribution >= 4 is 16.8 Å². The summed E-state index contributed by atoms with van der Waals surface area (Å²) >= 11 is 0. The summed E-state index contributed by atoms with van der Waals surface area (Å²) in [6.45, 7) is 0. The molecule has 0 aliphatic carbocycles. The number of hydrogen-bond donors (Lipinski definition) is 1. The number of anilines is 1. The molecule has 84 valence electrons. The topological polar surface area (TPSA) is 64.9 Å². The van der Waals surface area contributed by atoms with Crippen LogP contribution in [0.2, 0.25) is 0 Å². The summed E-state index contributed by atoms with van der Waals surface area (Å²) in [7, 11) is 0. The van der Waals surface area contributed by atoms with Gasteiger partial charge in [0.05, 0.1) is 11.9 Å². The van der Waals surface area contributed by atoms with E-state index in [-0.39, 0.29) is 5.82 Å². The molecule has 0 saturated heterocycles. The van der Waals surface area contributed by atoms with Crippen LogP contribution in [0.15, 0.2) is 40.9 Å². The molecule has 0 atom stereocenters. The first-order chi connectivity index (χ1) is 8.22. The Morgan fingerprint density at radius 1 is 1.18 bits per heavy atom. The van der Waals surface area contributed by atoms with Gasteiger partial charge in [0.25, 0.3) is 0 Å². The number of benzene rings is 1. The highest BCUT2D eigenvalue weighted by atomic mass is 19.1. The van der Waals surface area contributed by atoms with E-state index in [0.717, 1.165) is 0 Å². The summed E-state index contributed by atoms with van der Waals surface area (Å²) in [4.78, 5) is 8.31. The van der Waals surface area contributed by atoms with Gasteiger partial charge in [0, 0.05) is 6.07 Å². The molecule has 0 unspecified atom stereocenters. The van der Waals surface area contributed by atoms with Crippen LogP contribution in [0.25, 0.3) is 22.7 Å². The van der Waals surface area contributed by atoms with Crippen molar-refractivity contribution in [1.82, 2.24) is 9.97 Å². The molecule has 2 aromatic heterocycles. The van der Waals surface area contributed by atoms with Crippen molar-refractivity contribution in [2.45, 2.75) is 0 Å². The van der Waals surface area contributed by atoms with E-state index in [0.29, 0.717) is 28.4 Å². The van der Waals surface area contributed by atoms with Crippen molar-refractivity contribution in [2.24, 2.45) is 0 Å². The van der Waals surface area contributed by atoms with E-state index in [4.69, 9.17) is 10.2 Å². The lowest BCUT2D eigenvalue weighted by Crippen LogP contribution is -1.87. The van der Waals surface area contributed by atoms with Gasteiger partial charge in [0.2, 0.25) is 5.89 Å². The second-order valence-electron chi connectivity index (χ2n) is 3.61. The Balaban J connectivity index is 2.14. The number of halogens is 1. The molecular formula is C12H8FN3O. The van der Waals surface area contributed by atoms with E-state index in [1.165, 1.54) is 18.3 Å². The van der Waals surface area contributed by atoms with Crippen molar-refractivity contribution in [3.8, 4) is 11.6 Å². The zero-order valence-electron chi connectivity index (χ0n) is 8.72. The largest absolute Gasteiger partial charge is 0.435 e. The van der Waals surface area contributed by atoms with Crippen LogP contribution in [0.5, 0.6) is 0 Å². The zero-order valence-corrected chi connectivity index (χ0v) is 8.72. The molecule has 5 heteroatoms. The molecule has 0 bridgehead atoms. The second kappa shape index (κ2) is 3.55. The van der Waals surface area contributed by atoms with Gasteiger partial charge in [-0.15, -0.1) is 0 Å². The third-order valence-electron chi connectivity index (χ3n) is 2.36. The smallest absolute Gasteiger partial charge is 0.246 e. The fourth-order valence-electron chi connectivity index (χ4n) is 1.54. The fraction of sp³-hybridized carbons (Fsp3) is 0. The summed E-state index contributed by atoms with van der Waals surface area (Å²) in [6, 6.07) is 7.61. The highest BCUT2D eigenvalue weighted by Crippen LogP contribution is 2.23. The van der Waals surface area contributed by atoms with Gasteiger partial charge in [-0.05, 0) is 24.3 Å². The number of nitrogens with zero attached hydrogens (tertiary/aromatic N) is 2. The lowest BCUT2D eigenvalue weighted by molar-refractivity contribution is 0.600. The van der Waals surface area contributed by atoms with Crippen LogP contribution < -0.4 is 5.73 Å². The van der Waals surface area contributed by atoms with Gasteiger partial charge in [-0.2, -0.15) is 0 Å². The molecule has 17 heavy (non-hydrogen) atoms. The third kappa shape index (κ3) is 1.71. The van der Waals surface area contributed by atoms with Crippen LogP contribution in [0.4, 0.5) is 10.1 Å². The maximum Gasteiger partial charge on any atom is 0.246 e. The first-order valence-electron chi connectivity index (χ1n) is 5.00. The Kier molecular flexibility index (Phi) is 2.04. The van der Waals surface area contributed by atoms with E-state index >= 15 is 0 Å². The number of pyridine rings is 1. The van der Waals surface area contributed by atoms with Crippen molar-refractivity contribution in [3.63, 3.8) is 0 Å². The number of nitrogen functional groups attached to an aromatic ring is 1. The van der Waals surface area contributed by atoms with Crippen molar-refractivity contribution in [1.29, 1.82) is 0 Å². The SMILES string of the molecule is Nc1ccc(-c2nc3ccc(F)cc3o2)nc1. The highest BCUT2D eigenvalue weighted by molar-refractivity contribution is 5.75. The predicted molar refractivity (Wildman–Crippen MR) is 61.6 cm³/mol. The van der Waals surface area contributed by atoms with Gasteiger partial charge in [-0.1, -0.05) is 0 Å². The standard InChI is InChI=1S/C12H8FN3O/c13-7-1-3-9-11(5-7)17-12(16-9)10-4-2-8(14)6-15-10/h1-6H,14H2. The molecule has 0 radical (unpaired) electrons. The minimum Gasteiger partial charge on any atom is -0.435 e. The average molecular weight is 229 g/mol. The lowest BCUT2D eigenvalue weighted by atomic mass is 10.3. The molecule has 0 aliphatic rings. The van der Waals surface area contributed by atoms with Gasteiger partial charge in [-0.3, -0.25) is 0 Å². The number of oxazole rings is 1. The minimum absolute atomic E-state index is 0.352. The number of hydrogen-bond acceptors (Lipinski definition) is 4. The molecule has 1 aromatic carbocycles. The fourth-order valence-corrected chi connectivity index (χ4v) is 1.54. The minimum atomic E-state index is -0.356. The highest BCUT2D eigenvalue weighted by Gasteiger charge is 2.09. The average Bonchev–Trinajstić information content (AvgIpc) is 2.72. The van der Waals surface area contributed by atoms with Crippen molar-refractivity contribution < 1.29 is 8.81 Å². The van der Waals surface area contributed by atoms with E-state index in [9.17, 15) is 4.39 Å². The third-order valence-corrected chi connectivity index (χ3v) is 2.36. The van der Waals surface area contributed by atoms with E-state index in [1.807, 2.05) is 0 Å². The van der Waals surface area contributed by atoms with Gasteiger partial charge in [0.1, 0.15) is 17.0 Å². The molecule has 4 nitrogen and oxygen atoms in total. The van der Waals surface area contributed by atoms with Crippen molar-refractivity contribution in [2.75, 3.05) is 5.73 Å². The van der Waals surface area contributed by atoms with Crippen LogP contribution >= 0.6 is 0 Å². The maximum absolute atomic E-state index is 13.0. The molecule has 0 aliphatic heterocycles. The number of rotatable bonds is 1. The first-order valence-corrected chi connectivity index (χ1v) is 5.00. The van der Waals surface area contributed by atoms with Gasteiger partial charge in [-0.25, -0.2) is 14.4 Å². The van der Waals surface area contributed by atoms with Gasteiger partial charge >= 0.3 is 0 Å². The molecular weight excluding hydrogens is 221 g/mol. The summed E-state index contributed by atoms with van der Waals surface area (Å²) in [6.07, 6.45) is 1.52. The number of aromatic nitrogens is 2. The van der Waals surface area contributed by atoms with Crippen LogP contribution in [0, 0.1) is 5.82 Å². The molecule has 0 saturated carbocycles. The summed E-state index contributed by atoms with van der Waals surface area (Å²) < 4.78 is 18.4. The molecule has 0 amide bonds. The summed E-state index contributed by atoms with van der Waals surface area (Å²) in [5, 5.41) is 0. The Morgan fingerprint density at radius 2 is 2.06 bits per heavy atom. The quantitative estimate of drug-likeness (QED) is 0.696. The monoisotopic (exact) mass is 229 g/mol. The van der Waals surface area contributed by atoms with Crippen molar-refractivity contribution in [3.05, 3.63) is 42.3 Å². The van der Waals surface area contributed by atoms with Gasteiger partial charge in [0.15, 0.2) is 5.58 Å². The van der Waals surface area contributed by atoms with Crippen LogP contribution in [0.3, 0.4) is 0 Å². The van der Waals surface area contributed by atoms with E-state index < -0.39 is 0 Å². The summed E-state index contributed by atoms with van der Waals surface area (Å²) in [5.74, 6) is -0.00364. The number of nitrogens with two attached hydrogens (primary N) is 1. The molecule has 3 aromatic rings. The zero-order chi connectivity index (χ0) is 11.8. The van der Waals surface area contributed by atoms with E-state index in [2.05, 4.69) is 9.97 Å². The molecule has 0 fully saturated rings. The number of fused-ring (bicyclic) bond motifs is 1. The predicted octanol–water partition coefficient (Wildman–Crippen LogP) is 2.61. The lowest BCUT2D eigenvalue weighted by Gasteiger charge is -1.94. The van der Waals surface area contributed by atoms with E-state index in [1.54, 1.807) is 18.2 Å². The van der Waals surface area contributed by atoms with Gasteiger partial charge < -0.3 is 10.2 Å². The summed E-state index contributed by atoms with van der Waals surface area (Å²) in [5.41, 5.74) is 7.67. The molecule has 3 rings (SSSR count).